The number of oxazole rings is 1. The third-order valence-electron chi connectivity index (χ3n) is 4.74. The third-order valence-corrected chi connectivity index (χ3v) is 4.74. The lowest BCUT2D eigenvalue weighted by atomic mass is 9.96. The number of benzene rings is 1. The van der Waals surface area contributed by atoms with E-state index < -0.39 is 0 Å². The van der Waals surface area contributed by atoms with Crippen LogP contribution in [-0.2, 0) is 19.4 Å². The Kier molecular flexibility index (Phi) is 3.21. The van der Waals surface area contributed by atoms with Gasteiger partial charge in [0.2, 0.25) is 0 Å². The van der Waals surface area contributed by atoms with Gasteiger partial charge in [-0.3, -0.25) is 0 Å². The van der Waals surface area contributed by atoms with Crippen molar-refractivity contribution in [3.63, 3.8) is 0 Å². The van der Waals surface area contributed by atoms with Gasteiger partial charge in [-0.2, -0.15) is 0 Å². The van der Waals surface area contributed by atoms with E-state index in [0.29, 0.717) is 5.92 Å². The van der Waals surface area contributed by atoms with Gasteiger partial charge in [0.15, 0.2) is 6.39 Å². The molecule has 0 amide bonds. The molecule has 1 aliphatic heterocycles. The van der Waals surface area contributed by atoms with Crippen LogP contribution in [0.3, 0.4) is 0 Å². The molecule has 1 saturated carbocycles. The number of aryl methyl sites for hydroxylation is 2. The number of aromatic nitrogens is 1. The molecule has 0 spiro atoms. The highest BCUT2D eigenvalue weighted by atomic mass is 16.3. The molecule has 0 radical (unpaired) electrons. The molecule has 3 heteroatoms. The van der Waals surface area contributed by atoms with Gasteiger partial charge < -0.3 is 9.32 Å². The van der Waals surface area contributed by atoms with Gasteiger partial charge in [-0.15, -0.1) is 0 Å². The minimum absolute atomic E-state index is 0.633. The molecule has 110 valence electrons. The molecule has 1 aromatic heterocycles. The Balaban J connectivity index is 1.66. The van der Waals surface area contributed by atoms with Gasteiger partial charge in [-0.1, -0.05) is 25.1 Å². The fraction of sp³-hybridized carbons (Fsp3) is 0.500. The van der Waals surface area contributed by atoms with Gasteiger partial charge in [0, 0.05) is 18.2 Å². The van der Waals surface area contributed by atoms with Crippen LogP contribution in [-0.4, -0.2) is 11.5 Å². The molecule has 3 nitrogen and oxygen atoms in total. The highest BCUT2D eigenvalue weighted by Gasteiger charge is 2.31. The van der Waals surface area contributed by atoms with E-state index in [9.17, 15) is 0 Å². The Bertz CT molecular complexity index is 628. The average molecular weight is 282 g/mol. The van der Waals surface area contributed by atoms with Crippen LogP contribution in [0, 0.1) is 0 Å². The van der Waals surface area contributed by atoms with Crippen molar-refractivity contribution in [3.8, 4) is 0 Å². The van der Waals surface area contributed by atoms with Crippen molar-refractivity contribution in [2.45, 2.75) is 51.5 Å². The molecular weight excluding hydrogens is 260 g/mol. The molecule has 0 unspecified atom stereocenters. The number of hydrogen-bond donors (Lipinski definition) is 0. The molecule has 1 aromatic carbocycles. The zero-order valence-electron chi connectivity index (χ0n) is 12.6. The predicted molar refractivity (Wildman–Crippen MR) is 83.7 cm³/mol. The molecule has 1 fully saturated rings. The Morgan fingerprint density at radius 2 is 2.24 bits per heavy atom. The lowest BCUT2D eigenvalue weighted by Gasteiger charge is -2.33. The van der Waals surface area contributed by atoms with Gasteiger partial charge in [0.25, 0.3) is 0 Å². The zero-order valence-corrected chi connectivity index (χ0v) is 12.6. The van der Waals surface area contributed by atoms with E-state index >= 15 is 0 Å². The summed E-state index contributed by atoms with van der Waals surface area (Å²) in [7, 11) is 0. The average Bonchev–Trinajstić information content (AvgIpc) is 3.27. The summed E-state index contributed by atoms with van der Waals surface area (Å²) in [4.78, 5) is 7.01. The van der Waals surface area contributed by atoms with E-state index in [-0.39, 0.29) is 0 Å². The van der Waals surface area contributed by atoms with E-state index in [2.05, 4.69) is 35.0 Å². The van der Waals surface area contributed by atoms with E-state index in [1.165, 1.54) is 42.5 Å². The minimum atomic E-state index is 0.633. The maximum Gasteiger partial charge on any atom is 0.181 e. The summed E-state index contributed by atoms with van der Waals surface area (Å²) in [5.41, 5.74) is 5.56. The highest BCUT2D eigenvalue weighted by molar-refractivity contribution is 5.61. The van der Waals surface area contributed by atoms with Gasteiger partial charge in [-0.05, 0) is 43.2 Å². The minimum Gasteiger partial charge on any atom is -0.448 e. The summed E-state index contributed by atoms with van der Waals surface area (Å²) in [6.45, 7) is 4.27. The van der Waals surface area contributed by atoms with Gasteiger partial charge in [0.1, 0.15) is 11.5 Å². The number of para-hydroxylation sites is 1. The maximum absolute atomic E-state index is 5.64. The highest BCUT2D eigenvalue weighted by Crippen LogP contribution is 2.42. The molecule has 0 atom stereocenters. The van der Waals surface area contributed by atoms with Crippen molar-refractivity contribution in [1.29, 1.82) is 0 Å². The number of hydrogen-bond acceptors (Lipinski definition) is 3. The van der Waals surface area contributed by atoms with Crippen molar-refractivity contribution in [3.05, 3.63) is 47.2 Å². The molecule has 4 rings (SSSR count). The van der Waals surface area contributed by atoms with Gasteiger partial charge in [-0.25, -0.2) is 4.98 Å². The summed E-state index contributed by atoms with van der Waals surface area (Å²) in [6.07, 6.45) is 7.68. The van der Waals surface area contributed by atoms with Gasteiger partial charge >= 0.3 is 0 Å². The number of rotatable bonds is 4. The van der Waals surface area contributed by atoms with Crippen molar-refractivity contribution in [2.24, 2.45) is 0 Å². The quantitative estimate of drug-likeness (QED) is 0.846. The standard InChI is InChI=1S/C18H22N2O/c1-2-13-5-3-6-14-7-4-10-20(17(13)14)11-16-18(15-8-9-15)21-12-19-16/h3,5-6,12,15H,2,4,7-11H2,1H3. The zero-order chi connectivity index (χ0) is 14.2. The first-order chi connectivity index (χ1) is 10.4. The first-order valence-electron chi connectivity index (χ1n) is 8.14. The Morgan fingerprint density at radius 1 is 1.33 bits per heavy atom. The monoisotopic (exact) mass is 282 g/mol. The van der Waals surface area contributed by atoms with Crippen molar-refractivity contribution < 1.29 is 4.42 Å². The van der Waals surface area contributed by atoms with Crippen LogP contribution < -0.4 is 4.90 Å². The molecule has 2 aliphatic rings. The van der Waals surface area contributed by atoms with Crippen LogP contribution in [0.5, 0.6) is 0 Å². The molecular formula is C18H22N2O. The molecule has 0 bridgehead atoms. The third kappa shape index (κ3) is 2.35. The van der Waals surface area contributed by atoms with Crippen LogP contribution in [0.1, 0.15) is 54.7 Å². The Morgan fingerprint density at radius 3 is 3.05 bits per heavy atom. The second-order valence-electron chi connectivity index (χ2n) is 6.24. The van der Waals surface area contributed by atoms with Crippen molar-refractivity contribution in [2.75, 3.05) is 11.4 Å². The molecule has 2 aromatic rings. The molecule has 2 heterocycles. The summed E-state index contributed by atoms with van der Waals surface area (Å²) >= 11 is 0. The largest absolute Gasteiger partial charge is 0.448 e. The summed E-state index contributed by atoms with van der Waals surface area (Å²) in [5.74, 6) is 1.77. The van der Waals surface area contributed by atoms with Crippen molar-refractivity contribution in [1.82, 2.24) is 4.98 Å². The normalized spacial score (nSPS) is 17.9. The lowest BCUT2D eigenvalue weighted by molar-refractivity contribution is 0.502. The van der Waals surface area contributed by atoms with Crippen LogP contribution >= 0.6 is 0 Å². The van der Waals surface area contributed by atoms with E-state index in [4.69, 9.17) is 4.42 Å². The first-order valence-corrected chi connectivity index (χ1v) is 8.14. The fourth-order valence-corrected chi connectivity index (χ4v) is 3.52. The maximum atomic E-state index is 5.64. The smallest absolute Gasteiger partial charge is 0.181 e. The summed E-state index contributed by atoms with van der Waals surface area (Å²) < 4.78 is 5.64. The second kappa shape index (κ2) is 5.21. The second-order valence-corrected chi connectivity index (χ2v) is 6.24. The first kappa shape index (κ1) is 12.9. The molecule has 21 heavy (non-hydrogen) atoms. The van der Waals surface area contributed by atoms with Crippen LogP contribution in [0.2, 0.25) is 0 Å². The Labute approximate surface area is 126 Å². The van der Waals surface area contributed by atoms with Crippen LogP contribution in [0.25, 0.3) is 0 Å². The van der Waals surface area contributed by atoms with E-state index in [1.807, 2.05) is 0 Å². The lowest BCUT2D eigenvalue weighted by Crippen LogP contribution is -2.30. The van der Waals surface area contributed by atoms with Crippen LogP contribution in [0.15, 0.2) is 29.0 Å². The fourth-order valence-electron chi connectivity index (χ4n) is 3.52. The summed E-state index contributed by atoms with van der Waals surface area (Å²) in [6, 6.07) is 6.75. The topological polar surface area (TPSA) is 29.3 Å². The predicted octanol–water partition coefficient (Wildman–Crippen LogP) is 4.07. The van der Waals surface area contributed by atoms with Gasteiger partial charge in [0.05, 0.1) is 6.54 Å². The Hall–Kier alpha value is -1.77. The van der Waals surface area contributed by atoms with E-state index in [0.717, 1.165) is 31.0 Å². The SMILES string of the molecule is CCc1cccc2c1N(Cc1ncoc1C1CC1)CCC2. The molecule has 0 saturated heterocycles. The van der Waals surface area contributed by atoms with Crippen LogP contribution in [0.4, 0.5) is 5.69 Å². The number of anilines is 1. The number of nitrogens with zero attached hydrogens (tertiary/aromatic N) is 2. The van der Waals surface area contributed by atoms with E-state index in [1.54, 1.807) is 6.39 Å². The molecule has 1 aliphatic carbocycles. The number of fused-ring (bicyclic) bond motifs is 1. The van der Waals surface area contributed by atoms with Crippen molar-refractivity contribution >= 4 is 5.69 Å². The summed E-state index contributed by atoms with van der Waals surface area (Å²) in [5, 5.41) is 0. The molecule has 0 N–H and O–H groups in total.